The van der Waals surface area contributed by atoms with E-state index in [-0.39, 0.29) is 6.04 Å². The van der Waals surface area contributed by atoms with Gasteiger partial charge >= 0.3 is 6.09 Å². The summed E-state index contributed by atoms with van der Waals surface area (Å²) in [5.41, 5.74) is 0.760. The Bertz CT molecular complexity index is 455. The van der Waals surface area contributed by atoms with Crippen LogP contribution in [0, 0.1) is 0 Å². The quantitative estimate of drug-likeness (QED) is 0.664. The van der Waals surface area contributed by atoms with E-state index in [2.05, 4.69) is 16.9 Å². The molecule has 1 rings (SSSR count). The fraction of sp³-hybridized carbons (Fsp3) is 0.429. The fourth-order valence-electron chi connectivity index (χ4n) is 1.58. The third-order valence-corrected chi connectivity index (χ3v) is 2.30. The normalized spacial score (nSPS) is 12.6. The van der Waals surface area contributed by atoms with Crippen LogP contribution >= 0.6 is 0 Å². The van der Waals surface area contributed by atoms with Crippen molar-refractivity contribution < 1.29 is 9.53 Å². The Morgan fingerprint density at radius 3 is 2.84 bits per heavy atom. The van der Waals surface area contributed by atoms with E-state index in [0.717, 1.165) is 5.56 Å². The van der Waals surface area contributed by atoms with Gasteiger partial charge in [-0.1, -0.05) is 6.08 Å². The largest absolute Gasteiger partial charge is 0.444 e. The van der Waals surface area contributed by atoms with Crippen LogP contribution in [-0.2, 0) is 4.74 Å². The molecule has 0 aliphatic carbocycles. The maximum atomic E-state index is 11.8. The number of pyridine rings is 1. The summed E-state index contributed by atoms with van der Waals surface area (Å²) in [5.74, 6) is 0. The van der Waals surface area contributed by atoms with Crippen LogP contribution in [0.5, 0.6) is 0 Å². The van der Waals surface area contributed by atoms with E-state index in [1.54, 1.807) is 18.3 Å². The van der Waals surface area contributed by atoms with Crippen LogP contribution in [0.25, 0.3) is 0 Å². The zero-order chi connectivity index (χ0) is 14.5. The molecule has 0 saturated heterocycles. The number of hydrogen-bond acceptors (Lipinski definition) is 3. The van der Waals surface area contributed by atoms with Gasteiger partial charge in [-0.15, -0.1) is 6.58 Å². The molecular formula is C14H19BN2O2. The monoisotopic (exact) mass is 258 g/mol. The zero-order valence-corrected chi connectivity index (χ0v) is 11.6. The maximum Gasteiger partial charge on any atom is 0.408 e. The number of carbonyl (C=O) groups is 1. The highest BCUT2D eigenvalue weighted by Crippen LogP contribution is 2.17. The predicted molar refractivity (Wildman–Crippen MR) is 76.5 cm³/mol. The van der Waals surface area contributed by atoms with Crippen LogP contribution in [0.2, 0.25) is 0 Å². The van der Waals surface area contributed by atoms with Gasteiger partial charge in [-0.2, -0.15) is 0 Å². The number of nitrogens with zero attached hydrogens (tertiary/aromatic N) is 1. The van der Waals surface area contributed by atoms with Crippen molar-refractivity contribution in [3.63, 3.8) is 0 Å². The molecule has 1 aromatic rings. The lowest BCUT2D eigenvalue weighted by Crippen LogP contribution is -2.35. The second-order valence-electron chi connectivity index (χ2n) is 5.24. The second-order valence-corrected chi connectivity index (χ2v) is 5.24. The number of rotatable bonds is 4. The number of nitrogens with one attached hydrogen (secondary N) is 1. The number of carbonyl (C=O) groups excluding carboxylic acids is 1. The van der Waals surface area contributed by atoms with E-state index in [1.165, 1.54) is 0 Å². The summed E-state index contributed by atoms with van der Waals surface area (Å²) in [6.07, 6.45) is 3.47. The Morgan fingerprint density at radius 2 is 2.32 bits per heavy atom. The van der Waals surface area contributed by atoms with Gasteiger partial charge in [0.2, 0.25) is 0 Å². The van der Waals surface area contributed by atoms with Gasteiger partial charge < -0.3 is 10.1 Å². The molecule has 0 saturated carbocycles. The molecule has 0 bridgehead atoms. The van der Waals surface area contributed by atoms with Crippen molar-refractivity contribution in [2.75, 3.05) is 0 Å². The first kappa shape index (κ1) is 15.3. The SMILES string of the molecule is [B]c1cc(C(CC=C)NC(=O)OC(C)(C)C)ccn1. The first-order valence-corrected chi connectivity index (χ1v) is 6.13. The van der Waals surface area contributed by atoms with Gasteiger partial charge in [0.15, 0.2) is 0 Å². The molecule has 1 N–H and O–H groups in total. The van der Waals surface area contributed by atoms with E-state index in [9.17, 15) is 4.79 Å². The molecule has 0 aliphatic heterocycles. The van der Waals surface area contributed by atoms with Crippen LogP contribution in [0.3, 0.4) is 0 Å². The summed E-state index contributed by atoms with van der Waals surface area (Å²) in [7, 11) is 5.64. The van der Waals surface area contributed by atoms with Gasteiger partial charge in [-0.25, -0.2) is 4.79 Å². The van der Waals surface area contributed by atoms with Crippen LogP contribution in [0.1, 0.15) is 38.8 Å². The second kappa shape index (κ2) is 6.41. The lowest BCUT2D eigenvalue weighted by molar-refractivity contribution is 0.0504. The van der Waals surface area contributed by atoms with Crippen molar-refractivity contribution in [2.24, 2.45) is 0 Å². The molecule has 1 amide bonds. The highest BCUT2D eigenvalue weighted by Gasteiger charge is 2.19. The smallest absolute Gasteiger partial charge is 0.408 e. The number of hydrogen-bond donors (Lipinski definition) is 1. The van der Waals surface area contributed by atoms with Gasteiger partial charge in [0.1, 0.15) is 13.4 Å². The number of amides is 1. The van der Waals surface area contributed by atoms with Gasteiger partial charge in [0.25, 0.3) is 0 Å². The lowest BCUT2D eigenvalue weighted by Gasteiger charge is -2.23. The van der Waals surface area contributed by atoms with E-state index < -0.39 is 11.7 Å². The Kier molecular flexibility index (Phi) is 5.15. The van der Waals surface area contributed by atoms with Crippen LogP contribution in [-0.4, -0.2) is 24.5 Å². The van der Waals surface area contributed by atoms with Crippen molar-refractivity contribution in [1.82, 2.24) is 10.3 Å². The number of aromatic nitrogens is 1. The highest BCUT2D eigenvalue weighted by atomic mass is 16.6. The van der Waals surface area contributed by atoms with E-state index in [4.69, 9.17) is 12.6 Å². The summed E-state index contributed by atoms with van der Waals surface area (Å²) in [6.45, 7) is 9.15. The lowest BCUT2D eigenvalue weighted by atomic mass is 9.97. The van der Waals surface area contributed by atoms with Gasteiger partial charge in [0, 0.05) is 6.20 Å². The minimum absolute atomic E-state index is 0.224. The standard InChI is InChI=1S/C14H19BN2O2/c1-5-6-11(10-7-8-16-12(15)9-10)17-13(18)19-14(2,3)4/h5,7-9,11H,1,6H2,2-4H3,(H,17,18). The molecule has 100 valence electrons. The summed E-state index contributed by atoms with van der Waals surface area (Å²) >= 11 is 0. The molecule has 1 aromatic heterocycles. The average Bonchev–Trinajstić information content (AvgIpc) is 2.26. The molecule has 0 fully saturated rings. The third kappa shape index (κ3) is 5.59. The number of ether oxygens (including phenoxy) is 1. The summed E-state index contributed by atoms with van der Waals surface area (Å²) in [5, 5.41) is 2.80. The first-order chi connectivity index (χ1) is 8.81. The number of alkyl carbamates (subject to hydrolysis) is 1. The molecule has 1 atom stereocenters. The highest BCUT2D eigenvalue weighted by molar-refractivity contribution is 6.30. The summed E-state index contributed by atoms with van der Waals surface area (Å²) in [4.78, 5) is 15.7. The van der Waals surface area contributed by atoms with Crippen molar-refractivity contribution in [3.8, 4) is 0 Å². The molecule has 5 heteroatoms. The predicted octanol–water partition coefficient (Wildman–Crippen LogP) is 2.02. The Morgan fingerprint density at radius 1 is 1.63 bits per heavy atom. The molecule has 1 heterocycles. The average molecular weight is 258 g/mol. The van der Waals surface area contributed by atoms with E-state index >= 15 is 0 Å². The van der Waals surface area contributed by atoms with Crippen LogP contribution in [0.15, 0.2) is 31.0 Å². The topological polar surface area (TPSA) is 51.2 Å². The van der Waals surface area contributed by atoms with Gasteiger partial charge in [-0.05, 0) is 50.5 Å². The third-order valence-electron chi connectivity index (χ3n) is 2.30. The van der Waals surface area contributed by atoms with Gasteiger partial charge in [-0.3, -0.25) is 4.98 Å². The molecule has 1 unspecified atom stereocenters. The van der Waals surface area contributed by atoms with Crippen LogP contribution in [0.4, 0.5) is 4.79 Å². The van der Waals surface area contributed by atoms with Gasteiger partial charge in [0.05, 0.1) is 6.04 Å². The maximum absolute atomic E-state index is 11.8. The molecule has 19 heavy (non-hydrogen) atoms. The molecule has 0 aromatic carbocycles. The Labute approximate surface area is 115 Å². The minimum Gasteiger partial charge on any atom is -0.444 e. The van der Waals surface area contributed by atoms with Crippen molar-refractivity contribution >= 4 is 19.5 Å². The molecule has 4 nitrogen and oxygen atoms in total. The fourth-order valence-corrected chi connectivity index (χ4v) is 1.58. The van der Waals surface area contributed by atoms with E-state index in [1.807, 2.05) is 26.8 Å². The van der Waals surface area contributed by atoms with Crippen molar-refractivity contribution in [2.45, 2.75) is 38.8 Å². The molecule has 0 aliphatic rings. The molecule has 0 spiro atoms. The molecular weight excluding hydrogens is 239 g/mol. The van der Waals surface area contributed by atoms with E-state index in [0.29, 0.717) is 12.0 Å². The minimum atomic E-state index is -0.528. The van der Waals surface area contributed by atoms with Crippen molar-refractivity contribution in [3.05, 3.63) is 36.5 Å². The zero-order valence-electron chi connectivity index (χ0n) is 11.6. The summed E-state index contributed by atoms with van der Waals surface area (Å²) < 4.78 is 5.24. The Balaban J connectivity index is 2.78. The Hall–Kier alpha value is -1.78. The van der Waals surface area contributed by atoms with Crippen LogP contribution < -0.4 is 10.9 Å². The summed E-state index contributed by atoms with van der Waals surface area (Å²) in [6, 6.07) is 3.31. The molecule has 2 radical (unpaired) electrons. The first-order valence-electron chi connectivity index (χ1n) is 6.13. The van der Waals surface area contributed by atoms with Crippen molar-refractivity contribution in [1.29, 1.82) is 0 Å².